The summed E-state index contributed by atoms with van der Waals surface area (Å²) in [5.74, 6) is 0.770. The normalized spacial score (nSPS) is 15.4. The van der Waals surface area contributed by atoms with E-state index in [1.54, 1.807) is 6.07 Å². The van der Waals surface area contributed by atoms with Crippen molar-refractivity contribution >= 4 is 56.9 Å². The van der Waals surface area contributed by atoms with E-state index in [-0.39, 0.29) is 5.91 Å². The highest BCUT2D eigenvalue weighted by molar-refractivity contribution is 7.20. The molecule has 3 rings (SSSR count). The number of rotatable bonds is 5. The Morgan fingerprint density at radius 1 is 1.36 bits per heavy atom. The number of carbonyl (C=O) groups excluding carboxylic acids is 1. The molecule has 22 heavy (non-hydrogen) atoms. The molecule has 0 saturated heterocycles. The van der Waals surface area contributed by atoms with E-state index < -0.39 is 0 Å². The molecule has 7 heteroatoms. The van der Waals surface area contributed by atoms with Crippen LogP contribution in [0.1, 0.15) is 38.5 Å². The molecule has 3 nitrogen and oxygen atoms in total. The van der Waals surface area contributed by atoms with Gasteiger partial charge in [-0.3, -0.25) is 4.79 Å². The molecule has 2 aromatic heterocycles. The van der Waals surface area contributed by atoms with Crippen LogP contribution in [0.15, 0.2) is 11.4 Å². The monoisotopic (exact) mass is 374 g/mol. The Hall–Kier alpha value is -0.620. The van der Waals surface area contributed by atoms with E-state index in [1.165, 1.54) is 48.4 Å². The first kappa shape index (κ1) is 16.2. The summed E-state index contributed by atoms with van der Waals surface area (Å²) >= 11 is 14.8. The van der Waals surface area contributed by atoms with Gasteiger partial charge in [0, 0.05) is 17.4 Å². The Labute approximate surface area is 147 Å². The minimum Gasteiger partial charge on any atom is -0.302 e. The average Bonchev–Trinajstić information content (AvgIpc) is 3.18. The second kappa shape index (κ2) is 7.30. The van der Waals surface area contributed by atoms with Crippen molar-refractivity contribution in [1.29, 1.82) is 0 Å². The Bertz CT molecular complexity index is 662. The topological polar surface area (TPSA) is 42.0 Å². The smallest absolute Gasteiger partial charge is 0.226 e. The lowest BCUT2D eigenvalue weighted by Crippen LogP contribution is -2.12. The quantitative estimate of drug-likeness (QED) is 0.687. The Balaban J connectivity index is 1.57. The second-order valence-corrected chi connectivity index (χ2v) is 8.66. The van der Waals surface area contributed by atoms with E-state index in [0.717, 1.165) is 23.6 Å². The number of hydrogen-bond donors (Lipinski definition) is 1. The number of hydrogen-bond acceptors (Lipinski definition) is 4. The molecule has 0 aromatic carbocycles. The zero-order chi connectivity index (χ0) is 15.5. The van der Waals surface area contributed by atoms with Gasteiger partial charge in [0.05, 0.1) is 10.0 Å². The molecule has 1 fully saturated rings. The van der Waals surface area contributed by atoms with Crippen molar-refractivity contribution in [2.24, 2.45) is 5.92 Å². The van der Waals surface area contributed by atoms with E-state index >= 15 is 0 Å². The first-order valence-electron chi connectivity index (χ1n) is 7.32. The minimum atomic E-state index is 0.0437. The van der Waals surface area contributed by atoms with Crippen molar-refractivity contribution in [3.63, 3.8) is 0 Å². The molecule has 0 bridgehead atoms. The minimum absolute atomic E-state index is 0.0437. The highest BCUT2D eigenvalue weighted by Crippen LogP contribution is 2.39. The first-order chi connectivity index (χ1) is 10.6. The van der Waals surface area contributed by atoms with Crippen molar-refractivity contribution < 1.29 is 4.79 Å². The van der Waals surface area contributed by atoms with Gasteiger partial charge in [0.2, 0.25) is 5.91 Å². The summed E-state index contributed by atoms with van der Waals surface area (Å²) in [6.45, 7) is 0. The van der Waals surface area contributed by atoms with Gasteiger partial charge < -0.3 is 5.32 Å². The van der Waals surface area contributed by atoms with Crippen LogP contribution in [0.5, 0.6) is 0 Å². The summed E-state index contributed by atoms with van der Waals surface area (Å²) in [6, 6.07) is 1.80. The maximum Gasteiger partial charge on any atom is 0.226 e. The zero-order valence-electron chi connectivity index (χ0n) is 11.9. The standard InChI is InChI=1S/C15H16Cl2N2OS2/c16-12-7-10(14(17)22-12)11-8-21-15(18-11)19-13(20)6-5-9-3-1-2-4-9/h7-9H,1-6H2,(H,18,19,20). The number of amides is 1. The number of thiazole rings is 1. The fraction of sp³-hybridized carbons (Fsp3) is 0.467. The third kappa shape index (κ3) is 4.02. The van der Waals surface area contributed by atoms with E-state index in [2.05, 4.69) is 10.3 Å². The molecule has 2 heterocycles. The highest BCUT2D eigenvalue weighted by atomic mass is 35.5. The van der Waals surface area contributed by atoms with E-state index in [0.29, 0.717) is 20.2 Å². The van der Waals surface area contributed by atoms with Gasteiger partial charge in [-0.05, 0) is 18.4 Å². The van der Waals surface area contributed by atoms with Crippen LogP contribution in [0.25, 0.3) is 11.3 Å². The molecule has 1 aliphatic carbocycles. The third-order valence-electron chi connectivity index (χ3n) is 3.94. The number of nitrogens with zero attached hydrogens (tertiary/aromatic N) is 1. The number of carbonyl (C=O) groups is 1. The molecule has 0 radical (unpaired) electrons. The van der Waals surface area contributed by atoms with Gasteiger partial charge in [0.25, 0.3) is 0 Å². The van der Waals surface area contributed by atoms with Gasteiger partial charge in [-0.15, -0.1) is 22.7 Å². The highest BCUT2D eigenvalue weighted by Gasteiger charge is 2.17. The van der Waals surface area contributed by atoms with Gasteiger partial charge >= 0.3 is 0 Å². The Morgan fingerprint density at radius 2 is 2.14 bits per heavy atom. The molecule has 0 unspecified atom stereocenters. The summed E-state index contributed by atoms with van der Waals surface area (Å²) in [4.78, 5) is 16.4. The summed E-state index contributed by atoms with van der Waals surface area (Å²) in [5, 5.41) is 5.38. The van der Waals surface area contributed by atoms with Crippen molar-refractivity contribution in [3.8, 4) is 11.3 Å². The molecule has 118 valence electrons. The zero-order valence-corrected chi connectivity index (χ0v) is 15.0. The van der Waals surface area contributed by atoms with Crippen LogP contribution in [-0.4, -0.2) is 10.9 Å². The van der Waals surface area contributed by atoms with Crippen molar-refractivity contribution in [2.45, 2.75) is 38.5 Å². The van der Waals surface area contributed by atoms with Crippen LogP contribution in [0.4, 0.5) is 5.13 Å². The fourth-order valence-electron chi connectivity index (χ4n) is 2.79. The van der Waals surface area contributed by atoms with Crippen LogP contribution in [0, 0.1) is 5.92 Å². The summed E-state index contributed by atoms with van der Waals surface area (Å²) in [6.07, 6.45) is 6.72. The third-order valence-corrected chi connectivity index (χ3v) is 6.18. The predicted molar refractivity (Wildman–Crippen MR) is 95.3 cm³/mol. The SMILES string of the molecule is O=C(CCC1CCCC1)Nc1nc(-c2cc(Cl)sc2Cl)cs1. The fourth-order valence-corrected chi connectivity index (χ4v) is 4.99. The Morgan fingerprint density at radius 3 is 2.82 bits per heavy atom. The number of thiophene rings is 1. The van der Waals surface area contributed by atoms with Crippen LogP contribution >= 0.6 is 45.9 Å². The van der Waals surface area contributed by atoms with Gasteiger partial charge in [-0.25, -0.2) is 4.98 Å². The number of nitrogens with one attached hydrogen (secondary N) is 1. The van der Waals surface area contributed by atoms with Crippen LogP contribution < -0.4 is 5.32 Å². The second-order valence-electron chi connectivity index (χ2n) is 5.51. The maximum absolute atomic E-state index is 12.0. The first-order valence-corrected chi connectivity index (χ1v) is 9.77. The summed E-state index contributed by atoms with van der Waals surface area (Å²) < 4.78 is 1.25. The lowest BCUT2D eigenvalue weighted by molar-refractivity contribution is -0.116. The number of aromatic nitrogens is 1. The number of halogens is 2. The van der Waals surface area contributed by atoms with Gasteiger partial charge in [-0.1, -0.05) is 48.9 Å². The molecule has 0 aliphatic heterocycles. The van der Waals surface area contributed by atoms with E-state index in [1.807, 2.05) is 5.38 Å². The molecule has 1 N–H and O–H groups in total. The molecule has 0 spiro atoms. The van der Waals surface area contributed by atoms with Crippen LogP contribution in [-0.2, 0) is 4.79 Å². The van der Waals surface area contributed by atoms with Crippen LogP contribution in [0.3, 0.4) is 0 Å². The molecule has 1 aliphatic rings. The number of anilines is 1. The van der Waals surface area contributed by atoms with Crippen molar-refractivity contribution in [3.05, 3.63) is 20.1 Å². The maximum atomic E-state index is 12.0. The molecular weight excluding hydrogens is 359 g/mol. The van der Waals surface area contributed by atoms with Crippen molar-refractivity contribution in [2.75, 3.05) is 5.32 Å². The van der Waals surface area contributed by atoms with Gasteiger partial charge in [0.15, 0.2) is 5.13 Å². The van der Waals surface area contributed by atoms with Crippen LogP contribution in [0.2, 0.25) is 8.67 Å². The lowest BCUT2D eigenvalue weighted by Gasteiger charge is -2.07. The van der Waals surface area contributed by atoms with E-state index in [9.17, 15) is 4.79 Å². The van der Waals surface area contributed by atoms with Gasteiger partial charge in [0.1, 0.15) is 4.34 Å². The van der Waals surface area contributed by atoms with Gasteiger partial charge in [-0.2, -0.15) is 0 Å². The lowest BCUT2D eigenvalue weighted by atomic mass is 10.0. The Kier molecular flexibility index (Phi) is 5.39. The predicted octanol–water partition coefficient (Wildman–Crippen LogP) is 6.09. The summed E-state index contributed by atoms with van der Waals surface area (Å²) in [7, 11) is 0. The van der Waals surface area contributed by atoms with Crippen molar-refractivity contribution in [1.82, 2.24) is 4.98 Å². The summed E-state index contributed by atoms with van der Waals surface area (Å²) in [5.41, 5.74) is 1.57. The molecule has 1 saturated carbocycles. The molecular formula is C15H16Cl2N2OS2. The molecule has 1 amide bonds. The largest absolute Gasteiger partial charge is 0.302 e. The van der Waals surface area contributed by atoms with E-state index in [4.69, 9.17) is 23.2 Å². The average molecular weight is 375 g/mol. The molecule has 0 atom stereocenters. The molecule has 2 aromatic rings.